The number of aliphatic hydroxyl groups is 1. The summed E-state index contributed by atoms with van der Waals surface area (Å²) in [6.45, 7) is 1.59. The van der Waals surface area contributed by atoms with E-state index in [9.17, 15) is 14.0 Å². The maximum atomic E-state index is 14.0. The number of carbonyl (C=O) groups is 1. The molecule has 1 saturated carbocycles. The Labute approximate surface area is 144 Å². The molecule has 1 unspecified atom stereocenters. The van der Waals surface area contributed by atoms with E-state index in [-0.39, 0.29) is 24.0 Å². The van der Waals surface area contributed by atoms with Gasteiger partial charge in [0.2, 0.25) is 5.43 Å². The van der Waals surface area contributed by atoms with Crippen LogP contribution in [-0.2, 0) is 0 Å². The molecular formula is C18H20FN3O3. The molecule has 0 radical (unpaired) electrons. The molecule has 132 valence electrons. The normalized spacial score (nSPS) is 15.0. The van der Waals surface area contributed by atoms with Gasteiger partial charge in [0.1, 0.15) is 11.5 Å². The fourth-order valence-electron chi connectivity index (χ4n) is 2.87. The van der Waals surface area contributed by atoms with Crippen LogP contribution in [0.15, 0.2) is 35.1 Å². The number of nitrogens with one attached hydrogen (secondary N) is 1. The first-order valence-corrected chi connectivity index (χ1v) is 8.29. The number of amides is 1. The van der Waals surface area contributed by atoms with Gasteiger partial charge in [-0.15, -0.1) is 0 Å². The van der Waals surface area contributed by atoms with E-state index in [0.29, 0.717) is 18.0 Å². The third kappa shape index (κ3) is 3.76. The van der Waals surface area contributed by atoms with E-state index in [0.717, 1.165) is 12.8 Å². The second-order valence-corrected chi connectivity index (χ2v) is 6.29. The lowest BCUT2D eigenvalue weighted by Gasteiger charge is -2.17. The van der Waals surface area contributed by atoms with Crippen molar-refractivity contribution in [2.75, 3.05) is 6.61 Å². The Morgan fingerprint density at radius 2 is 2.16 bits per heavy atom. The van der Waals surface area contributed by atoms with Crippen molar-refractivity contribution in [3.63, 3.8) is 0 Å². The van der Waals surface area contributed by atoms with Crippen LogP contribution in [0.3, 0.4) is 0 Å². The van der Waals surface area contributed by atoms with Crippen LogP contribution in [0.1, 0.15) is 35.4 Å². The summed E-state index contributed by atoms with van der Waals surface area (Å²) in [5, 5.41) is 16.0. The van der Waals surface area contributed by atoms with Crippen LogP contribution in [0, 0.1) is 18.7 Å². The number of benzene rings is 1. The van der Waals surface area contributed by atoms with Gasteiger partial charge in [-0.05, 0) is 44.2 Å². The Morgan fingerprint density at radius 1 is 1.44 bits per heavy atom. The van der Waals surface area contributed by atoms with Crippen molar-refractivity contribution in [3.05, 3.63) is 57.8 Å². The summed E-state index contributed by atoms with van der Waals surface area (Å²) in [5.74, 6) is -0.764. The minimum atomic E-state index is -0.597. The van der Waals surface area contributed by atoms with E-state index in [2.05, 4.69) is 10.4 Å². The third-order valence-electron chi connectivity index (χ3n) is 4.35. The number of hydrogen-bond donors (Lipinski definition) is 2. The summed E-state index contributed by atoms with van der Waals surface area (Å²) in [6.07, 6.45) is 2.42. The number of aromatic nitrogens is 2. The third-order valence-corrected chi connectivity index (χ3v) is 4.35. The zero-order valence-corrected chi connectivity index (χ0v) is 13.9. The van der Waals surface area contributed by atoms with Gasteiger partial charge in [0, 0.05) is 24.4 Å². The quantitative estimate of drug-likeness (QED) is 0.832. The standard InChI is InChI=1S/C18H20FN3O3/c1-11-10-16(24)17(18(25)20-14(8-9-23)12-6-7-12)21-22(11)15-5-3-2-4-13(15)19/h2-5,10,12,14,23H,6-9H2,1H3,(H,20,25). The van der Waals surface area contributed by atoms with Gasteiger partial charge in [-0.3, -0.25) is 9.59 Å². The van der Waals surface area contributed by atoms with Gasteiger partial charge in [-0.1, -0.05) is 12.1 Å². The van der Waals surface area contributed by atoms with Crippen LogP contribution < -0.4 is 10.7 Å². The van der Waals surface area contributed by atoms with E-state index in [1.807, 2.05) is 0 Å². The molecule has 1 aliphatic carbocycles. The lowest BCUT2D eigenvalue weighted by atomic mass is 10.1. The van der Waals surface area contributed by atoms with Crippen molar-refractivity contribution in [2.45, 2.75) is 32.2 Å². The minimum absolute atomic E-state index is 0.0395. The number of aryl methyl sites for hydroxylation is 1. The van der Waals surface area contributed by atoms with Crippen LogP contribution in [0.5, 0.6) is 0 Å². The summed E-state index contributed by atoms with van der Waals surface area (Å²) >= 11 is 0. The number of rotatable bonds is 6. The predicted octanol–water partition coefficient (Wildman–Crippen LogP) is 1.57. The molecule has 1 aliphatic rings. The summed E-state index contributed by atoms with van der Waals surface area (Å²) in [4.78, 5) is 24.7. The Kier molecular flexibility index (Phi) is 4.94. The topological polar surface area (TPSA) is 84.2 Å². The number of para-hydroxylation sites is 1. The molecule has 1 heterocycles. The number of hydrogen-bond acceptors (Lipinski definition) is 4. The molecule has 0 bridgehead atoms. The highest BCUT2D eigenvalue weighted by atomic mass is 19.1. The van der Waals surface area contributed by atoms with Crippen molar-refractivity contribution >= 4 is 5.91 Å². The number of nitrogens with zero attached hydrogens (tertiary/aromatic N) is 2. The van der Waals surface area contributed by atoms with E-state index in [1.54, 1.807) is 19.1 Å². The number of aliphatic hydroxyl groups excluding tert-OH is 1. The van der Waals surface area contributed by atoms with Crippen molar-refractivity contribution < 1.29 is 14.3 Å². The van der Waals surface area contributed by atoms with Gasteiger partial charge in [0.05, 0.1) is 0 Å². The molecule has 6 nitrogen and oxygen atoms in total. The highest BCUT2D eigenvalue weighted by molar-refractivity contribution is 5.92. The molecular weight excluding hydrogens is 325 g/mol. The Hall–Kier alpha value is -2.54. The maximum Gasteiger partial charge on any atom is 0.276 e. The fraction of sp³-hybridized carbons (Fsp3) is 0.389. The van der Waals surface area contributed by atoms with E-state index < -0.39 is 17.2 Å². The first kappa shape index (κ1) is 17.3. The second-order valence-electron chi connectivity index (χ2n) is 6.29. The molecule has 3 rings (SSSR count). The minimum Gasteiger partial charge on any atom is -0.396 e. The lowest BCUT2D eigenvalue weighted by molar-refractivity contribution is 0.0916. The van der Waals surface area contributed by atoms with Crippen molar-refractivity contribution in [1.29, 1.82) is 0 Å². The molecule has 1 amide bonds. The molecule has 1 aromatic carbocycles. The summed E-state index contributed by atoms with van der Waals surface area (Å²) in [7, 11) is 0. The molecule has 0 aliphatic heterocycles. The second kappa shape index (κ2) is 7.14. The maximum absolute atomic E-state index is 14.0. The van der Waals surface area contributed by atoms with E-state index in [4.69, 9.17) is 5.11 Å². The zero-order chi connectivity index (χ0) is 18.0. The molecule has 0 spiro atoms. The summed E-state index contributed by atoms with van der Waals surface area (Å²) < 4.78 is 15.3. The van der Waals surface area contributed by atoms with Crippen LogP contribution in [-0.4, -0.2) is 33.4 Å². The molecule has 1 atom stereocenters. The number of carbonyl (C=O) groups excluding carboxylic acids is 1. The predicted molar refractivity (Wildman–Crippen MR) is 90.2 cm³/mol. The average molecular weight is 345 g/mol. The molecule has 2 N–H and O–H groups in total. The summed E-state index contributed by atoms with van der Waals surface area (Å²) in [6, 6.07) is 7.12. The first-order chi connectivity index (χ1) is 12.0. The van der Waals surface area contributed by atoms with Gasteiger partial charge < -0.3 is 10.4 Å². The Bertz CT molecular complexity index is 846. The lowest BCUT2D eigenvalue weighted by Crippen LogP contribution is -2.40. The number of halogens is 1. The van der Waals surface area contributed by atoms with Gasteiger partial charge >= 0.3 is 0 Å². The van der Waals surface area contributed by atoms with Crippen LogP contribution >= 0.6 is 0 Å². The largest absolute Gasteiger partial charge is 0.396 e. The van der Waals surface area contributed by atoms with Gasteiger partial charge in [-0.2, -0.15) is 5.10 Å². The van der Waals surface area contributed by atoms with Gasteiger partial charge in [0.25, 0.3) is 5.91 Å². The summed E-state index contributed by atoms with van der Waals surface area (Å²) in [5.41, 5.74) is -0.192. The monoisotopic (exact) mass is 345 g/mol. The smallest absolute Gasteiger partial charge is 0.276 e. The van der Waals surface area contributed by atoms with E-state index in [1.165, 1.54) is 22.9 Å². The Balaban J connectivity index is 1.93. The van der Waals surface area contributed by atoms with Crippen LogP contribution in [0.25, 0.3) is 5.69 Å². The molecule has 7 heteroatoms. The molecule has 0 saturated heterocycles. The molecule has 2 aromatic rings. The first-order valence-electron chi connectivity index (χ1n) is 8.29. The highest BCUT2D eigenvalue weighted by Gasteiger charge is 2.32. The molecule has 1 aromatic heterocycles. The van der Waals surface area contributed by atoms with Gasteiger partial charge in [0.15, 0.2) is 5.69 Å². The SMILES string of the molecule is Cc1cc(=O)c(C(=O)NC(CCO)C2CC2)nn1-c1ccccc1F. The zero-order valence-electron chi connectivity index (χ0n) is 13.9. The van der Waals surface area contributed by atoms with Crippen molar-refractivity contribution in [2.24, 2.45) is 5.92 Å². The van der Waals surface area contributed by atoms with E-state index >= 15 is 0 Å². The fourth-order valence-corrected chi connectivity index (χ4v) is 2.87. The highest BCUT2D eigenvalue weighted by Crippen LogP contribution is 2.33. The van der Waals surface area contributed by atoms with Crippen molar-refractivity contribution in [1.82, 2.24) is 15.1 Å². The van der Waals surface area contributed by atoms with Crippen molar-refractivity contribution in [3.8, 4) is 5.69 Å². The molecule has 1 fully saturated rings. The average Bonchev–Trinajstić information content (AvgIpc) is 3.40. The van der Waals surface area contributed by atoms with Crippen LogP contribution in [0.4, 0.5) is 4.39 Å². The molecule has 25 heavy (non-hydrogen) atoms. The van der Waals surface area contributed by atoms with Crippen LogP contribution in [0.2, 0.25) is 0 Å². The van der Waals surface area contributed by atoms with Gasteiger partial charge in [-0.25, -0.2) is 9.07 Å². The Morgan fingerprint density at radius 3 is 2.80 bits per heavy atom.